The lowest BCUT2D eigenvalue weighted by molar-refractivity contribution is -0.139. The lowest BCUT2D eigenvalue weighted by Gasteiger charge is -2.19. The van der Waals surface area contributed by atoms with Crippen molar-refractivity contribution in [3.63, 3.8) is 0 Å². The summed E-state index contributed by atoms with van der Waals surface area (Å²) in [5.41, 5.74) is 0. The highest BCUT2D eigenvalue weighted by atomic mass is 16.4. The predicted octanol–water partition coefficient (Wildman–Crippen LogP) is 0.718. The van der Waals surface area contributed by atoms with Gasteiger partial charge in [-0.25, -0.2) is 0 Å². The van der Waals surface area contributed by atoms with Gasteiger partial charge in [0.15, 0.2) is 0 Å². The molecule has 1 saturated heterocycles. The van der Waals surface area contributed by atoms with Gasteiger partial charge >= 0.3 is 5.97 Å². The number of likely N-dealkylation sites (tertiary alicyclic amines) is 1. The van der Waals surface area contributed by atoms with Gasteiger partial charge < -0.3 is 10.0 Å². The Bertz CT molecular complexity index is 277. The molecule has 3 atom stereocenters. The zero-order chi connectivity index (χ0) is 10.3. The van der Waals surface area contributed by atoms with Crippen LogP contribution in [0.15, 0.2) is 0 Å². The summed E-state index contributed by atoms with van der Waals surface area (Å²) in [5, 5.41) is 8.94. The van der Waals surface area contributed by atoms with Crippen LogP contribution in [0.5, 0.6) is 0 Å². The molecule has 0 aromatic rings. The molecule has 1 aliphatic carbocycles. The van der Waals surface area contributed by atoms with Gasteiger partial charge in [0.1, 0.15) is 0 Å². The minimum atomic E-state index is -0.742. The van der Waals surface area contributed by atoms with Crippen LogP contribution in [0.4, 0.5) is 0 Å². The highest BCUT2D eigenvalue weighted by Gasteiger charge is 2.58. The molecule has 1 aliphatic heterocycles. The molecule has 1 heterocycles. The standard InChI is InChI=1S/C10H15NO3/c1-6(12)11-5-3-2-4-7-8(9(7)11)10(13)14/h7-9H,2-5H2,1H3,(H,13,14)/t7-,8-,9-/m0/s1. The van der Waals surface area contributed by atoms with Crippen molar-refractivity contribution in [3.05, 3.63) is 0 Å². The van der Waals surface area contributed by atoms with Crippen LogP contribution in [-0.4, -0.2) is 34.5 Å². The summed E-state index contributed by atoms with van der Waals surface area (Å²) in [4.78, 5) is 23.9. The number of amides is 1. The minimum absolute atomic E-state index is 0.00694. The second-order valence-corrected chi connectivity index (χ2v) is 4.23. The van der Waals surface area contributed by atoms with Crippen molar-refractivity contribution in [1.29, 1.82) is 0 Å². The fraction of sp³-hybridized carbons (Fsp3) is 0.800. The first-order valence-corrected chi connectivity index (χ1v) is 5.13. The third kappa shape index (κ3) is 1.38. The highest BCUT2D eigenvalue weighted by molar-refractivity contribution is 5.80. The molecule has 1 amide bonds. The van der Waals surface area contributed by atoms with Gasteiger partial charge in [-0.05, 0) is 18.8 Å². The van der Waals surface area contributed by atoms with Crippen molar-refractivity contribution >= 4 is 11.9 Å². The molecule has 1 N–H and O–H groups in total. The van der Waals surface area contributed by atoms with E-state index in [4.69, 9.17) is 5.11 Å². The summed E-state index contributed by atoms with van der Waals surface area (Å²) in [7, 11) is 0. The van der Waals surface area contributed by atoms with Crippen molar-refractivity contribution in [2.45, 2.75) is 32.2 Å². The van der Waals surface area contributed by atoms with Crippen LogP contribution >= 0.6 is 0 Å². The van der Waals surface area contributed by atoms with E-state index >= 15 is 0 Å². The van der Waals surface area contributed by atoms with Crippen molar-refractivity contribution < 1.29 is 14.7 Å². The summed E-state index contributed by atoms with van der Waals surface area (Å²) in [6.07, 6.45) is 3.03. The Hall–Kier alpha value is -1.06. The Labute approximate surface area is 82.9 Å². The number of hydrogen-bond donors (Lipinski definition) is 1. The summed E-state index contributed by atoms with van der Waals surface area (Å²) in [6, 6.07) is -0.00694. The Morgan fingerprint density at radius 3 is 2.64 bits per heavy atom. The van der Waals surface area contributed by atoms with E-state index < -0.39 is 5.97 Å². The van der Waals surface area contributed by atoms with E-state index in [-0.39, 0.29) is 23.8 Å². The maximum Gasteiger partial charge on any atom is 0.308 e. The maximum absolute atomic E-state index is 11.3. The Balaban J connectivity index is 2.12. The maximum atomic E-state index is 11.3. The van der Waals surface area contributed by atoms with E-state index in [1.807, 2.05) is 0 Å². The van der Waals surface area contributed by atoms with E-state index in [1.54, 1.807) is 4.90 Å². The number of rotatable bonds is 1. The first kappa shape index (κ1) is 9.49. The molecule has 78 valence electrons. The number of carbonyl (C=O) groups excluding carboxylic acids is 1. The molecule has 0 aromatic heterocycles. The first-order valence-electron chi connectivity index (χ1n) is 5.13. The lowest BCUT2D eigenvalue weighted by atomic mass is 10.1. The van der Waals surface area contributed by atoms with Crippen molar-refractivity contribution in [2.24, 2.45) is 11.8 Å². The summed E-state index contributed by atoms with van der Waals surface area (Å²) in [6.45, 7) is 2.26. The monoisotopic (exact) mass is 197 g/mol. The number of fused-ring (bicyclic) bond motifs is 1. The molecule has 1 saturated carbocycles. The molecule has 4 heteroatoms. The van der Waals surface area contributed by atoms with Crippen LogP contribution in [-0.2, 0) is 9.59 Å². The predicted molar refractivity (Wildman–Crippen MR) is 49.6 cm³/mol. The van der Waals surface area contributed by atoms with Crippen LogP contribution in [0, 0.1) is 11.8 Å². The third-order valence-corrected chi connectivity index (χ3v) is 3.36. The van der Waals surface area contributed by atoms with E-state index in [2.05, 4.69) is 0 Å². The van der Waals surface area contributed by atoms with Gasteiger partial charge in [-0.15, -0.1) is 0 Å². The molecule has 2 aliphatic rings. The SMILES string of the molecule is CC(=O)N1CCCC[C@H]2[C@H](C(=O)O)[C@H]21. The number of carboxylic acid groups (broad SMARTS) is 1. The largest absolute Gasteiger partial charge is 0.481 e. The highest BCUT2D eigenvalue weighted by Crippen LogP contribution is 2.48. The van der Waals surface area contributed by atoms with Crippen molar-refractivity contribution in [1.82, 2.24) is 4.90 Å². The molecule has 0 spiro atoms. The van der Waals surface area contributed by atoms with Crippen LogP contribution in [0.2, 0.25) is 0 Å². The van der Waals surface area contributed by atoms with E-state index in [0.29, 0.717) is 0 Å². The lowest BCUT2D eigenvalue weighted by Crippen LogP contribution is -2.33. The zero-order valence-electron chi connectivity index (χ0n) is 8.27. The molecule has 14 heavy (non-hydrogen) atoms. The number of aliphatic carboxylic acids is 1. The van der Waals surface area contributed by atoms with Crippen molar-refractivity contribution in [2.75, 3.05) is 6.54 Å². The summed E-state index contributed by atoms with van der Waals surface area (Å²) < 4.78 is 0. The third-order valence-electron chi connectivity index (χ3n) is 3.36. The van der Waals surface area contributed by atoms with Gasteiger partial charge in [0, 0.05) is 19.5 Å². The number of nitrogens with zero attached hydrogens (tertiary/aromatic N) is 1. The minimum Gasteiger partial charge on any atom is -0.481 e. The molecule has 2 rings (SSSR count). The number of carboxylic acids is 1. The molecule has 4 nitrogen and oxygen atoms in total. The van der Waals surface area contributed by atoms with Crippen LogP contribution in [0.1, 0.15) is 26.2 Å². The quantitative estimate of drug-likeness (QED) is 0.673. The molecular formula is C10H15NO3. The van der Waals surface area contributed by atoms with Gasteiger partial charge in [-0.2, -0.15) is 0 Å². The fourth-order valence-electron chi connectivity index (χ4n) is 2.64. The molecule has 0 radical (unpaired) electrons. The molecule has 2 fully saturated rings. The topological polar surface area (TPSA) is 57.6 Å². The average Bonchev–Trinajstić information content (AvgIpc) is 2.75. The van der Waals surface area contributed by atoms with Gasteiger partial charge in [-0.3, -0.25) is 9.59 Å². The van der Waals surface area contributed by atoms with Gasteiger partial charge in [0.2, 0.25) is 5.91 Å². The Morgan fingerprint density at radius 2 is 2.07 bits per heavy atom. The van der Waals surface area contributed by atoms with E-state index in [9.17, 15) is 9.59 Å². The second-order valence-electron chi connectivity index (χ2n) is 4.23. The first-order chi connectivity index (χ1) is 6.63. The van der Waals surface area contributed by atoms with Crippen LogP contribution < -0.4 is 0 Å². The molecule has 0 bridgehead atoms. The number of carbonyl (C=O) groups is 2. The van der Waals surface area contributed by atoms with Gasteiger partial charge in [0.05, 0.1) is 5.92 Å². The van der Waals surface area contributed by atoms with Crippen molar-refractivity contribution in [3.8, 4) is 0 Å². The molecular weight excluding hydrogens is 182 g/mol. The summed E-state index contributed by atoms with van der Waals surface area (Å²) in [5.74, 6) is -0.795. The average molecular weight is 197 g/mol. The zero-order valence-corrected chi connectivity index (χ0v) is 8.27. The van der Waals surface area contributed by atoms with E-state index in [1.165, 1.54) is 6.92 Å². The van der Waals surface area contributed by atoms with E-state index in [0.717, 1.165) is 25.8 Å². The van der Waals surface area contributed by atoms with Gasteiger partial charge in [-0.1, -0.05) is 6.42 Å². The summed E-state index contributed by atoms with van der Waals surface area (Å²) >= 11 is 0. The second kappa shape index (κ2) is 3.26. The normalized spacial score (nSPS) is 35.8. The van der Waals surface area contributed by atoms with Crippen LogP contribution in [0.25, 0.3) is 0 Å². The molecule has 0 unspecified atom stereocenters. The Morgan fingerprint density at radius 1 is 1.36 bits per heavy atom. The fourth-order valence-corrected chi connectivity index (χ4v) is 2.64. The number of hydrogen-bond acceptors (Lipinski definition) is 2. The van der Waals surface area contributed by atoms with Crippen LogP contribution in [0.3, 0.4) is 0 Å². The van der Waals surface area contributed by atoms with Gasteiger partial charge in [0.25, 0.3) is 0 Å². The Kier molecular flexibility index (Phi) is 2.21. The smallest absolute Gasteiger partial charge is 0.308 e. The molecule has 0 aromatic carbocycles.